The van der Waals surface area contributed by atoms with Crippen molar-refractivity contribution in [3.8, 4) is 0 Å². The maximum absolute atomic E-state index is 12.6. The van der Waals surface area contributed by atoms with Gasteiger partial charge in [-0.1, -0.05) is 36.4 Å². The minimum atomic E-state index is -1.06. The Kier molecular flexibility index (Phi) is 6.44. The fraction of sp³-hybridized carbons (Fsp3) is 0.421. The average molecular weight is 330 g/mol. The van der Waals surface area contributed by atoms with Crippen molar-refractivity contribution in [1.29, 1.82) is 0 Å². The van der Waals surface area contributed by atoms with Crippen molar-refractivity contribution in [3.63, 3.8) is 0 Å². The quantitative estimate of drug-likeness (QED) is 0.662. The molecule has 2 rings (SSSR count). The lowest BCUT2D eigenvalue weighted by Gasteiger charge is -2.21. The third-order valence-electron chi connectivity index (χ3n) is 3.86. The number of ketones is 2. The van der Waals surface area contributed by atoms with Crippen molar-refractivity contribution in [3.05, 3.63) is 47.5 Å². The van der Waals surface area contributed by atoms with Crippen molar-refractivity contribution in [2.45, 2.75) is 51.2 Å². The van der Waals surface area contributed by atoms with E-state index in [1.807, 2.05) is 24.3 Å². The second kappa shape index (κ2) is 8.55. The normalized spacial score (nSPS) is 20.4. The Morgan fingerprint density at radius 3 is 2.75 bits per heavy atom. The molecule has 2 atom stereocenters. The van der Waals surface area contributed by atoms with Crippen LogP contribution in [0.5, 0.6) is 0 Å². The standard InChI is InChI=1S/C19H22O5/c1-13(20)11-15(21)12-17(22)19-16-9-6-5-8-14(16)7-3-2-4-10-18(23)24-19/h2-3,5-6,8-9,15,19,21H,4,7,10-12H2,1H3/b3-2-/t15-,19+/m1/s1. The number of benzene rings is 1. The minimum absolute atomic E-state index is 0.0865. The minimum Gasteiger partial charge on any atom is -0.449 e. The number of aliphatic hydroxyl groups excluding tert-OH is 1. The first-order valence-corrected chi connectivity index (χ1v) is 8.10. The van der Waals surface area contributed by atoms with Gasteiger partial charge in [-0.15, -0.1) is 0 Å². The molecule has 1 aromatic rings. The fourth-order valence-electron chi connectivity index (χ4n) is 2.74. The Morgan fingerprint density at radius 2 is 2.00 bits per heavy atom. The number of hydrogen-bond donors (Lipinski definition) is 1. The Labute approximate surface area is 141 Å². The molecule has 1 N–H and O–H groups in total. The summed E-state index contributed by atoms with van der Waals surface area (Å²) in [6, 6.07) is 7.31. The number of hydrogen-bond acceptors (Lipinski definition) is 5. The summed E-state index contributed by atoms with van der Waals surface area (Å²) in [6.45, 7) is 1.36. The van der Waals surface area contributed by atoms with Gasteiger partial charge in [-0.3, -0.25) is 14.4 Å². The van der Waals surface area contributed by atoms with Crippen LogP contribution in [0.4, 0.5) is 0 Å². The fourth-order valence-corrected chi connectivity index (χ4v) is 2.74. The zero-order valence-electron chi connectivity index (χ0n) is 13.7. The van der Waals surface area contributed by atoms with Crippen molar-refractivity contribution >= 4 is 17.5 Å². The van der Waals surface area contributed by atoms with Crippen molar-refractivity contribution in [2.24, 2.45) is 0 Å². The molecule has 0 aromatic heterocycles. The first-order chi connectivity index (χ1) is 11.5. The number of allylic oxidation sites excluding steroid dienone is 2. The van der Waals surface area contributed by atoms with Crippen LogP contribution in [0.1, 0.15) is 49.8 Å². The Hall–Kier alpha value is -2.27. The second-order valence-corrected chi connectivity index (χ2v) is 6.01. The topological polar surface area (TPSA) is 80.7 Å². The number of ether oxygens (including phenoxy) is 1. The zero-order valence-corrected chi connectivity index (χ0v) is 13.7. The van der Waals surface area contributed by atoms with Gasteiger partial charge >= 0.3 is 5.97 Å². The number of fused-ring (bicyclic) bond motifs is 1. The van der Waals surface area contributed by atoms with E-state index in [1.54, 1.807) is 12.1 Å². The molecule has 5 nitrogen and oxygen atoms in total. The summed E-state index contributed by atoms with van der Waals surface area (Å²) in [5.41, 5.74) is 1.54. The highest BCUT2D eigenvalue weighted by Gasteiger charge is 2.28. The first kappa shape index (κ1) is 18.1. The molecule has 0 saturated carbocycles. The van der Waals surface area contributed by atoms with Crippen LogP contribution in [0.25, 0.3) is 0 Å². The second-order valence-electron chi connectivity index (χ2n) is 6.01. The van der Waals surface area contributed by atoms with Crippen LogP contribution in [0, 0.1) is 0 Å². The third kappa shape index (κ3) is 5.13. The van der Waals surface area contributed by atoms with E-state index in [0.717, 1.165) is 5.56 Å². The van der Waals surface area contributed by atoms with E-state index < -0.39 is 24.0 Å². The molecule has 0 spiro atoms. The van der Waals surface area contributed by atoms with Crippen LogP contribution in [-0.2, 0) is 25.5 Å². The van der Waals surface area contributed by atoms with Gasteiger partial charge in [-0.2, -0.15) is 0 Å². The molecule has 1 aliphatic rings. The van der Waals surface area contributed by atoms with Gasteiger partial charge in [0.05, 0.1) is 6.10 Å². The largest absolute Gasteiger partial charge is 0.449 e. The van der Waals surface area contributed by atoms with E-state index >= 15 is 0 Å². The van der Waals surface area contributed by atoms with Gasteiger partial charge in [0.1, 0.15) is 5.78 Å². The van der Waals surface area contributed by atoms with Crippen LogP contribution in [-0.4, -0.2) is 28.7 Å². The number of esters is 1. The van der Waals surface area contributed by atoms with Crippen molar-refractivity contribution < 1.29 is 24.2 Å². The van der Waals surface area contributed by atoms with Gasteiger partial charge in [0.2, 0.25) is 0 Å². The average Bonchev–Trinajstić information content (AvgIpc) is 2.52. The molecule has 1 heterocycles. The summed E-state index contributed by atoms with van der Waals surface area (Å²) >= 11 is 0. The predicted octanol–water partition coefficient (Wildman–Crippen LogP) is 2.46. The summed E-state index contributed by atoms with van der Waals surface area (Å²) < 4.78 is 5.40. The van der Waals surface area contributed by atoms with Crippen LogP contribution in [0.3, 0.4) is 0 Å². The summed E-state index contributed by atoms with van der Waals surface area (Å²) in [5.74, 6) is -1.03. The van der Waals surface area contributed by atoms with E-state index in [9.17, 15) is 19.5 Å². The highest BCUT2D eigenvalue weighted by molar-refractivity contribution is 5.88. The number of Topliss-reactive ketones (excluding diaryl/α,β-unsaturated/α-hetero) is 2. The molecule has 0 fully saturated rings. The molecule has 128 valence electrons. The summed E-state index contributed by atoms with van der Waals surface area (Å²) in [4.78, 5) is 35.6. The number of carbonyl (C=O) groups is 3. The molecule has 0 bridgehead atoms. The van der Waals surface area contributed by atoms with Crippen molar-refractivity contribution in [1.82, 2.24) is 0 Å². The third-order valence-corrected chi connectivity index (χ3v) is 3.86. The molecule has 0 unspecified atom stereocenters. The van der Waals surface area contributed by atoms with E-state index in [2.05, 4.69) is 0 Å². The number of rotatable bonds is 5. The van der Waals surface area contributed by atoms with Gasteiger partial charge in [0.15, 0.2) is 11.9 Å². The van der Waals surface area contributed by atoms with Crippen molar-refractivity contribution in [2.75, 3.05) is 0 Å². The van der Waals surface area contributed by atoms with E-state index in [-0.39, 0.29) is 25.0 Å². The Balaban J connectivity index is 2.27. The predicted molar refractivity (Wildman–Crippen MR) is 88.3 cm³/mol. The van der Waals surface area contributed by atoms with Gasteiger partial charge in [0.25, 0.3) is 0 Å². The highest BCUT2D eigenvalue weighted by Crippen LogP contribution is 2.27. The van der Waals surface area contributed by atoms with Gasteiger partial charge < -0.3 is 9.84 Å². The van der Waals surface area contributed by atoms with Crippen LogP contribution in [0.2, 0.25) is 0 Å². The molecule has 1 aromatic carbocycles. The molecule has 5 heteroatoms. The molecule has 0 amide bonds. The molecule has 24 heavy (non-hydrogen) atoms. The van der Waals surface area contributed by atoms with Crippen LogP contribution < -0.4 is 0 Å². The first-order valence-electron chi connectivity index (χ1n) is 8.10. The molecular weight excluding hydrogens is 308 g/mol. The lowest BCUT2D eigenvalue weighted by molar-refractivity contribution is -0.156. The van der Waals surface area contributed by atoms with E-state index in [0.29, 0.717) is 18.4 Å². The Morgan fingerprint density at radius 1 is 1.25 bits per heavy atom. The Bertz CT molecular complexity index is 647. The van der Waals surface area contributed by atoms with E-state index in [1.165, 1.54) is 6.92 Å². The number of carbonyl (C=O) groups excluding carboxylic acids is 3. The van der Waals surface area contributed by atoms with E-state index in [4.69, 9.17) is 4.74 Å². The lowest BCUT2D eigenvalue weighted by Crippen LogP contribution is -2.25. The summed E-state index contributed by atoms with van der Waals surface area (Å²) in [5, 5.41) is 9.87. The van der Waals surface area contributed by atoms with Crippen LogP contribution >= 0.6 is 0 Å². The van der Waals surface area contributed by atoms with Gasteiger partial charge in [-0.05, 0) is 25.3 Å². The molecule has 0 radical (unpaired) electrons. The van der Waals surface area contributed by atoms with Gasteiger partial charge in [-0.25, -0.2) is 0 Å². The maximum Gasteiger partial charge on any atom is 0.307 e. The molecule has 1 aliphatic heterocycles. The monoisotopic (exact) mass is 330 g/mol. The smallest absolute Gasteiger partial charge is 0.307 e. The summed E-state index contributed by atoms with van der Waals surface area (Å²) in [6.07, 6.45) is 2.91. The highest BCUT2D eigenvalue weighted by atomic mass is 16.5. The van der Waals surface area contributed by atoms with Crippen LogP contribution in [0.15, 0.2) is 36.4 Å². The summed E-state index contributed by atoms with van der Waals surface area (Å²) in [7, 11) is 0. The molecule has 0 saturated heterocycles. The lowest BCUT2D eigenvalue weighted by atomic mass is 9.94. The number of aliphatic hydroxyl groups is 1. The zero-order chi connectivity index (χ0) is 17.5. The number of cyclic esters (lactones) is 1. The SMILES string of the molecule is CC(=O)C[C@@H](O)CC(=O)[C@H]1OC(=O)CC/C=C\Cc2ccccc21. The van der Waals surface area contributed by atoms with Gasteiger partial charge in [0, 0.05) is 24.8 Å². The maximum atomic E-state index is 12.6. The molecule has 0 aliphatic carbocycles. The molecular formula is C19H22O5.